The minimum Gasteiger partial charge on any atom is -0.319 e. The Balaban J connectivity index is 2.66. The summed E-state index contributed by atoms with van der Waals surface area (Å²) in [4.78, 5) is 1.47. The summed E-state index contributed by atoms with van der Waals surface area (Å²) >= 11 is 5.35. The average Bonchev–Trinajstić information content (AvgIpc) is 2.49. The van der Waals surface area contributed by atoms with E-state index >= 15 is 0 Å². The second-order valence-corrected chi connectivity index (χ2v) is 6.97. The van der Waals surface area contributed by atoms with Crippen molar-refractivity contribution in [2.45, 2.75) is 27.2 Å². The average molecular weight is 290 g/mol. The molecule has 0 radical (unpaired) electrons. The van der Waals surface area contributed by atoms with Gasteiger partial charge in [0.1, 0.15) is 0 Å². The van der Waals surface area contributed by atoms with Gasteiger partial charge in [0.2, 0.25) is 0 Å². The monoisotopic (exact) mass is 289 g/mol. The van der Waals surface area contributed by atoms with Crippen LogP contribution in [0.25, 0.3) is 0 Å². The fourth-order valence-corrected chi connectivity index (χ4v) is 3.17. The molecule has 0 aliphatic carbocycles. The molecule has 1 unspecified atom stereocenters. The highest BCUT2D eigenvalue weighted by atomic mass is 79.9. The summed E-state index contributed by atoms with van der Waals surface area (Å²) in [6.07, 6.45) is 1.17. The van der Waals surface area contributed by atoms with Gasteiger partial charge in [0.15, 0.2) is 0 Å². The van der Waals surface area contributed by atoms with Gasteiger partial charge in [-0.2, -0.15) is 0 Å². The van der Waals surface area contributed by atoms with Crippen LogP contribution < -0.4 is 5.32 Å². The zero-order valence-electron chi connectivity index (χ0n) is 9.93. The summed E-state index contributed by atoms with van der Waals surface area (Å²) in [6.45, 7) is 8.03. The summed E-state index contributed by atoms with van der Waals surface area (Å²) in [5.74, 6) is 0.688. The first-order valence-corrected chi connectivity index (χ1v) is 6.98. The molecule has 15 heavy (non-hydrogen) atoms. The Bertz CT molecular complexity index is 301. The van der Waals surface area contributed by atoms with E-state index in [-0.39, 0.29) is 0 Å². The van der Waals surface area contributed by atoms with Crippen molar-refractivity contribution in [3.8, 4) is 0 Å². The smallest absolute Gasteiger partial charge is 0.0285 e. The molecule has 0 saturated heterocycles. The molecule has 0 spiro atoms. The van der Waals surface area contributed by atoms with Crippen molar-refractivity contribution in [2.75, 3.05) is 13.6 Å². The Hall–Kier alpha value is 0.140. The molecule has 1 atom stereocenters. The Morgan fingerprint density at radius 3 is 2.53 bits per heavy atom. The van der Waals surface area contributed by atoms with Crippen LogP contribution in [0.15, 0.2) is 15.9 Å². The minimum absolute atomic E-state index is 0.361. The van der Waals surface area contributed by atoms with E-state index < -0.39 is 0 Å². The molecule has 1 nitrogen and oxygen atoms in total. The molecule has 0 bridgehead atoms. The van der Waals surface area contributed by atoms with Crippen molar-refractivity contribution >= 4 is 27.3 Å². The lowest BCUT2D eigenvalue weighted by Crippen LogP contribution is -2.31. The lowest BCUT2D eigenvalue weighted by molar-refractivity contribution is 0.236. The highest BCUT2D eigenvalue weighted by Gasteiger charge is 2.24. The molecule has 0 aliphatic heterocycles. The van der Waals surface area contributed by atoms with Gasteiger partial charge < -0.3 is 5.32 Å². The molecule has 0 amide bonds. The van der Waals surface area contributed by atoms with E-state index in [0.717, 1.165) is 6.54 Å². The molecule has 1 aromatic heterocycles. The van der Waals surface area contributed by atoms with Gasteiger partial charge in [-0.05, 0) is 53.3 Å². The van der Waals surface area contributed by atoms with Gasteiger partial charge in [0, 0.05) is 14.7 Å². The van der Waals surface area contributed by atoms with Crippen LogP contribution in [0.4, 0.5) is 0 Å². The quantitative estimate of drug-likeness (QED) is 0.886. The maximum atomic E-state index is 3.51. The topological polar surface area (TPSA) is 12.0 Å². The SMILES string of the molecule is CNCC(Cc1cc(Br)cs1)C(C)(C)C. The molecule has 0 aromatic carbocycles. The maximum Gasteiger partial charge on any atom is 0.0285 e. The van der Waals surface area contributed by atoms with Crippen molar-refractivity contribution < 1.29 is 0 Å². The maximum absolute atomic E-state index is 3.51. The van der Waals surface area contributed by atoms with E-state index in [4.69, 9.17) is 0 Å². The molecule has 0 saturated carbocycles. The summed E-state index contributed by atoms with van der Waals surface area (Å²) in [5, 5.41) is 5.46. The van der Waals surface area contributed by atoms with Crippen molar-refractivity contribution in [3.63, 3.8) is 0 Å². The fourth-order valence-electron chi connectivity index (χ4n) is 1.63. The van der Waals surface area contributed by atoms with Crippen LogP contribution >= 0.6 is 27.3 Å². The van der Waals surface area contributed by atoms with Crippen molar-refractivity contribution in [3.05, 3.63) is 20.8 Å². The van der Waals surface area contributed by atoms with Crippen LogP contribution in [0, 0.1) is 11.3 Å². The molecule has 86 valence electrons. The zero-order chi connectivity index (χ0) is 11.5. The van der Waals surface area contributed by atoms with E-state index in [1.807, 2.05) is 18.4 Å². The number of halogens is 1. The summed E-state index contributed by atoms with van der Waals surface area (Å²) < 4.78 is 1.21. The van der Waals surface area contributed by atoms with Crippen molar-refractivity contribution in [1.29, 1.82) is 0 Å². The number of nitrogens with one attached hydrogen (secondary N) is 1. The van der Waals surface area contributed by atoms with Crippen LogP contribution in [-0.4, -0.2) is 13.6 Å². The normalized spacial score (nSPS) is 14.2. The third-order valence-corrected chi connectivity index (χ3v) is 4.46. The fraction of sp³-hybridized carbons (Fsp3) is 0.667. The summed E-state index contributed by atoms with van der Waals surface area (Å²) in [6, 6.07) is 2.24. The first-order valence-electron chi connectivity index (χ1n) is 5.31. The number of hydrogen-bond donors (Lipinski definition) is 1. The van der Waals surface area contributed by atoms with Gasteiger partial charge in [0.05, 0.1) is 0 Å². The molecule has 3 heteroatoms. The minimum atomic E-state index is 0.361. The van der Waals surface area contributed by atoms with Crippen LogP contribution in [-0.2, 0) is 6.42 Å². The summed E-state index contributed by atoms with van der Waals surface area (Å²) in [5.41, 5.74) is 0.361. The predicted molar refractivity (Wildman–Crippen MR) is 72.6 cm³/mol. The van der Waals surface area contributed by atoms with Crippen LogP contribution in [0.5, 0.6) is 0 Å². The molecular weight excluding hydrogens is 270 g/mol. The second kappa shape index (κ2) is 5.46. The highest BCUT2D eigenvalue weighted by Crippen LogP contribution is 2.31. The first-order chi connectivity index (χ1) is 6.93. The van der Waals surface area contributed by atoms with E-state index in [9.17, 15) is 0 Å². The molecule has 1 heterocycles. The van der Waals surface area contributed by atoms with Gasteiger partial charge in [0.25, 0.3) is 0 Å². The van der Waals surface area contributed by atoms with E-state index in [2.05, 4.69) is 53.5 Å². The Labute approximate surface area is 105 Å². The second-order valence-electron chi connectivity index (χ2n) is 5.06. The lowest BCUT2D eigenvalue weighted by Gasteiger charge is -2.30. The van der Waals surface area contributed by atoms with Crippen molar-refractivity contribution in [1.82, 2.24) is 5.32 Å². The highest BCUT2D eigenvalue weighted by molar-refractivity contribution is 9.10. The predicted octanol–water partition coefficient (Wildman–Crippen LogP) is 3.93. The largest absolute Gasteiger partial charge is 0.319 e. The van der Waals surface area contributed by atoms with Gasteiger partial charge in [-0.1, -0.05) is 20.8 Å². The van der Waals surface area contributed by atoms with Crippen LogP contribution in [0.1, 0.15) is 25.6 Å². The molecule has 0 fully saturated rings. The lowest BCUT2D eigenvalue weighted by atomic mass is 9.78. The molecular formula is C12H20BrNS. The number of thiophene rings is 1. The third-order valence-electron chi connectivity index (χ3n) is 2.74. The Morgan fingerprint density at radius 1 is 1.47 bits per heavy atom. The van der Waals surface area contributed by atoms with Gasteiger partial charge in [-0.15, -0.1) is 11.3 Å². The zero-order valence-corrected chi connectivity index (χ0v) is 12.3. The van der Waals surface area contributed by atoms with E-state index in [0.29, 0.717) is 11.3 Å². The molecule has 1 N–H and O–H groups in total. The van der Waals surface area contributed by atoms with E-state index in [1.165, 1.54) is 15.8 Å². The van der Waals surface area contributed by atoms with Gasteiger partial charge in [-0.3, -0.25) is 0 Å². The molecule has 1 rings (SSSR count). The third kappa shape index (κ3) is 4.25. The van der Waals surface area contributed by atoms with Crippen molar-refractivity contribution in [2.24, 2.45) is 11.3 Å². The molecule has 0 aliphatic rings. The van der Waals surface area contributed by atoms with E-state index in [1.54, 1.807) is 0 Å². The van der Waals surface area contributed by atoms with Gasteiger partial charge in [-0.25, -0.2) is 0 Å². The Kier molecular flexibility index (Phi) is 4.81. The Morgan fingerprint density at radius 2 is 2.13 bits per heavy atom. The van der Waals surface area contributed by atoms with Gasteiger partial charge >= 0.3 is 0 Å². The number of hydrogen-bond acceptors (Lipinski definition) is 2. The van der Waals surface area contributed by atoms with Crippen LogP contribution in [0.3, 0.4) is 0 Å². The number of rotatable bonds is 4. The standard InChI is InChI=1S/C12H20BrNS/c1-12(2,3)9(7-14-4)5-11-6-10(13)8-15-11/h6,8-9,14H,5,7H2,1-4H3. The van der Waals surface area contributed by atoms with Crippen LogP contribution in [0.2, 0.25) is 0 Å². The summed E-state index contributed by atoms with van der Waals surface area (Å²) in [7, 11) is 2.03. The first kappa shape index (κ1) is 13.2. The molecule has 1 aromatic rings.